The fourth-order valence-electron chi connectivity index (χ4n) is 3.67. The first-order valence-corrected chi connectivity index (χ1v) is 23.9. The lowest BCUT2D eigenvalue weighted by Crippen LogP contribution is -2.18. The second-order valence-electron chi connectivity index (χ2n) is 14.4. The summed E-state index contributed by atoms with van der Waals surface area (Å²) in [5.41, 5.74) is 21.5. The van der Waals surface area contributed by atoms with E-state index >= 15 is 0 Å². The van der Waals surface area contributed by atoms with E-state index in [4.69, 9.17) is 0 Å². The van der Waals surface area contributed by atoms with Crippen LogP contribution in [0.15, 0.2) is 63.5 Å². The van der Waals surface area contributed by atoms with Crippen molar-refractivity contribution in [2.24, 2.45) is 11.3 Å². The third-order valence-corrected chi connectivity index (χ3v) is 8.28. The van der Waals surface area contributed by atoms with Gasteiger partial charge in [-0.3, -0.25) is 0 Å². The zero-order chi connectivity index (χ0) is 28.4. The zero-order valence-electron chi connectivity index (χ0n) is 25.9. The minimum Gasteiger partial charge on any atom is -0.131 e. The van der Waals surface area contributed by atoms with E-state index in [2.05, 4.69) is 158 Å². The molecule has 0 radical (unpaired) electrons. The average molecular weight is 540 g/mol. The molecule has 0 aromatic rings. The maximum atomic E-state index is 3.83. The lowest BCUT2D eigenvalue weighted by Gasteiger charge is -2.21. The Hall–Kier alpha value is -2.32. The SMILES string of the molecule is CC1=CC(C(C)(C)C)=C[C+](C)C1=C=C1C(C#C[Si](C)(C)C)=CC(C#C[Si](C)(C)C)C=C1C#C[Si](C)(C)C. The molecule has 0 N–H and O–H groups in total. The first-order valence-electron chi connectivity index (χ1n) is 13.4. The zero-order valence-corrected chi connectivity index (χ0v) is 28.9. The highest BCUT2D eigenvalue weighted by Crippen LogP contribution is 2.38. The molecule has 0 amide bonds. The van der Waals surface area contributed by atoms with Gasteiger partial charge in [-0.15, -0.1) is 16.6 Å². The molecule has 0 spiro atoms. The van der Waals surface area contributed by atoms with Crippen LogP contribution < -0.4 is 0 Å². The monoisotopic (exact) mass is 539 g/mol. The van der Waals surface area contributed by atoms with Crippen LogP contribution in [-0.4, -0.2) is 24.2 Å². The molecule has 0 aliphatic heterocycles. The van der Waals surface area contributed by atoms with Gasteiger partial charge in [0, 0.05) is 40.0 Å². The minimum atomic E-state index is -1.57. The largest absolute Gasteiger partial charge is 0.153 e. The van der Waals surface area contributed by atoms with Gasteiger partial charge in [0.15, 0.2) is 5.57 Å². The van der Waals surface area contributed by atoms with Crippen LogP contribution >= 0.6 is 0 Å². The van der Waals surface area contributed by atoms with Gasteiger partial charge in [0.2, 0.25) is 0 Å². The van der Waals surface area contributed by atoms with Crippen molar-refractivity contribution in [2.45, 2.75) is 93.5 Å². The van der Waals surface area contributed by atoms with Crippen LogP contribution in [0.1, 0.15) is 34.6 Å². The molecule has 0 saturated heterocycles. The molecule has 0 aromatic carbocycles. The van der Waals surface area contributed by atoms with Gasteiger partial charge in [0.1, 0.15) is 24.2 Å². The summed E-state index contributed by atoms with van der Waals surface area (Å²) >= 11 is 0. The van der Waals surface area contributed by atoms with Crippen molar-refractivity contribution < 1.29 is 0 Å². The highest BCUT2D eigenvalue weighted by atomic mass is 28.3. The van der Waals surface area contributed by atoms with Crippen LogP contribution in [0.4, 0.5) is 0 Å². The molecule has 2 aliphatic rings. The number of hydrogen-bond donors (Lipinski definition) is 0. The Morgan fingerprint density at radius 2 is 1.22 bits per heavy atom. The molecular weight excluding hydrogens is 493 g/mol. The molecule has 2 rings (SSSR count). The first-order chi connectivity index (χ1) is 16.6. The fraction of sp³-hybridized carbons (Fsp3) is 0.471. The molecule has 194 valence electrons. The normalized spacial score (nSPS) is 18.5. The van der Waals surface area contributed by atoms with Crippen molar-refractivity contribution in [1.82, 2.24) is 0 Å². The van der Waals surface area contributed by atoms with Crippen LogP contribution in [0.5, 0.6) is 0 Å². The van der Waals surface area contributed by atoms with E-state index in [1.165, 1.54) is 17.1 Å². The average Bonchev–Trinajstić information content (AvgIpc) is 2.70. The van der Waals surface area contributed by atoms with Gasteiger partial charge in [-0.05, 0) is 46.8 Å². The van der Waals surface area contributed by atoms with Crippen molar-refractivity contribution in [1.29, 1.82) is 0 Å². The van der Waals surface area contributed by atoms with Crippen molar-refractivity contribution in [2.75, 3.05) is 0 Å². The van der Waals surface area contributed by atoms with Crippen LogP contribution in [-0.2, 0) is 0 Å². The molecule has 3 heteroatoms. The highest BCUT2D eigenvalue weighted by Gasteiger charge is 2.30. The third kappa shape index (κ3) is 10.2. The van der Waals surface area contributed by atoms with Crippen LogP contribution in [0, 0.1) is 51.6 Å². The summed E-state index contributed by atoms with van der Waals surface area (Å²) in [6.45, 7) is 31.8. The second-order valence-corrected chi connectivity index (χ2v) is 28.7. The Bertz CT molecular complexity index is 1250. The number of allylic oxidation sites excluding steroid dienone is 9. The molecule has 2 aliphatic carbocycles. The molecule has 0 atom stereocenters. The molecule has 0 unspecified atom stereocenters. The van der Waals surface area contributed by atoms with E-state index in [-0.39, 0.29) is 11.3 Å². The highest BCUT2D eigenvalue weighted by molar-refractivity contribution is 6.84. The molecular formula is C34H47Si3+. The summed E-state index contributed by atoms with van der Waals surface area (Å²) in [5.74, 6) is 12.0. The molecule has 0 saturated carbocycles. The predicted molar refractivity (Wildman–Crippen MR) is 174 cm³/mol. The van der Waals surface area contributed by atoms with E-state index in [0.717, 1.165) is 22.3 Å². The van der Waals surface area contributed by atoms with Gasteiger partial charge in [0.05, 0.1) is 23.0 Å². The number of hydrogen-bond acceptors (Lipinski definition) is 0. The van der Waals surface area contributed by atoms with E-state index in [1.807, 2.05) is 0 Å². The molecule has 37 heavy (non-hydrogen) atoms. The Balaban J connectivity index is 2.89. The Morgan fingerprint density at radius 3 is 1.59 bits per heavy atom. The van der Waals surface area contributed by atoms with Gasteiger partial charge < -0.3 is 0 Å². The third-order valence-electron chi connectivity index (χ3n) is 5.64. The van der Waals surface area contributed by atoms with Gasteiger partial charge >= 0.3 is 0 Å². The van der Waals surface area contributed by atoms with Gasteiger partial charge in [0.25, 0.3) is 0 Å². The predicted octanol–water partition coefficient (Wildman–Crippen LogP) is 9.09. The van der Waals surface area contributed by atoms with Crippen molar-refractivity contribution in [3.63, 3.8) is 0 Å². The summed E-state index contributed by atoms with van der Waals surface area (Å²) in [7, 11) is -4.65. The Kier molecular flexibility index (Phi) is 9.35. The van der Waals surface area contributed by atoms with Gasteiger partial charge in [-0.25, -0.2) is 0 Å². The standard InChI is InChI=1S/C34H47Si3/c1-26-21-31(34(3,4)5)22-27(2)32(26)25-33-29(16-19-36(9,10)11)23-28(15-18-35(6,7)8)24-30(33)17-20-37(12,13)14/h21-24,28H,1-14H3/q+1. The summed E-state index contributed by atoms with van der Waals surface area (Å²) in [5, 5.41) is 0. The van der Waals surface area contributed by atoms with E-state index in [1.54, 1.807) is 0 Å². The molecule has 0 bridgehead atoms. The summed E-state index contributed by atoms with van der Waals surface area (Å²) in [6.07, 6.45) is 9.12. The summed E-state index contributed by atoms with van der Waals surface area (Å²) in [4.78, 5) is 0. The smallest absolute Gasteiger partial charge is 0.131 e. The van der Waals surface area contributed by atoms with Gasteiger partial charge in [-0.2, -0.15) is 0 Å². The Labute approximate surface area is 232 Å². The lowest BCUT2D eigenvalue weighted by molar-refractivity contribution is 0.514. The van der Waals surface area contributed by atoms with Gasteiger partial charge in [-0.1, -0.05) is 76.7 Å². The second kappa shape index (κ2) is 11.2. The quantitative estimate of drug-likeness (QED) is 0.125. The van der Waals surface area contributed by atoms with Crippen LogP contribution in [0.3, 0.4) is 0 Å². The topological polar surface area (TPSA) is 0 Å². The first kappa shape index (κ1) is 30.9. The maximum absolute atomic E-state index is 3.83. The molecule has 0 heterocycles. The summed E-state index contributed by atoms with van der Waals surface area (Å²) < 4.78 is 0. The molecule has 0 aromatic heterocycles. The van der Waals surface area contributed by atoms with E-state index in [9.17, 15) is 0 Å². The van der Waals surface area contributed by atoms with Crippen molar-refractivity contribution >= 4 is 24.2 Å². The van der Waals surface area contributed by atoms with Crippen LogP contribution in [0.2, 0.25) is 58.9 Å². The lowest BCUT2D eigenvalue weighted by atomic mass is 9.77. The van der Waals surface area contributed by atoms with Crippen molar-refractivity contribution in [3.8, 4) is 34.4 Å². The van der Waals surface area contributed by atoms with Crippen LogP contribution in [0.25, 0.3) is 0 Å². The van der Waals surface area contributed by atoms with E-state index in [0.29, 0.717) is 0 Å². The summed E-state index contributed by atoms with van der Waals surface area (Å²) in [6, 6.07) is 0. The molecule has 0 fully saturated rings. The minimum absolute atomic E-state index is 0.0274. The number of rotatable bonds is 0. The fourth-order valence-corrected chi connectivity index (χ4v) is 5.29. The maximum Gasteiger partial charge on any atom is 0.153 e. The van der Waals surface area contributed by atoms with E-state index < -0.39 is 24.2 Å². The Morgan fingerprint density at radius 1 is 0.757 bits per heavy atom. The van der Waals surface area contributed by atoms with Crippen molar-refractivity contribution in [3.05, 3.63) is 69.4 Å². The molecule has 0 nitrogen and oxygen atoms in total.